The summed E-state index contributed by atoms with van der Waals surface area (Å²) in [5.74, 6) is 0. The van der Waals surface area contributed by atoms with Gasteiger partial charge in [0, 0.05) is 18.6 Å². The third-order valence-corrected chi connectivity index (χ3v) is 13.9. The molecule has 2 nitrogen and oxygen atoms in total. The zero-order chi connectivity index (χ0) is 31.4. The molecule has 0 spiro atoms. The summed E-state index contributed by atoms with van der Waals surface area (Å²) in [7, 11) is -1.80. The van der Waals surface area contributed by atoms with E-state index in [2.05, 4.69) is 169 Å². The third kappa shape index (κ3) is 7.41. The second-order valence-electron chi connectivity index (χ2n) is 12.2. The first-order chi connectivity index (χ1) is 22.8. The SMILES string of the molecule is CCCCCCc1cccc([Si](Cn2ccnc2BC(=Cc2ccccc2)c2ccccc2)(c2ccccc2)c2ccccc2)c1. The molecular formula is C42H43BN2Si. The van der Waals surface area contributed by atoms with Crippen LogP contribution < -0.4 is 21.3 Å². The maximum Gasteiger partial charge on any atom is 0.239 e. The van der Waals surface area contributed by atoms with Gasteiger partial charge < -0.3 is 4.57 Å². The van der Waals surface area contributed by atoms with Gasteiger partial charge in [-0.05, 0) is 45.1 Å². The van der Waals surface area contributed by atoms with E-state index in [1.807, 2.05) is 6.20 Å². The van der Waals surface area contributed by atoms with E-state index >= 15 is 0 Å². The number of benzene rings is 5. The Morgan fingerprint density at radius 1 is 0.674 bits per heavy atom. The summed E-state index contributed by atoms with van der Waals surface area (Å²) < 4.78 is 2.45. The molecule has 0 N–H and O–H groups in total. The van der Waals surface area contributed by atoms with Crippen LogP contribution in [-0.4, -0.2) is 24.9 Å². The monoisotopic (exact) mass is 614 g/mol. The largest absolute Gasteiger partial charge is 0.345 e. The summed E-state index contributed by atoms with van der Waals surface area (Å²) in [6.45, 7) is 2.28. The Hall–Kier alpha value is -4.67. The number of imidazole rings is 1. The molecule has 0 radical (unpaired) electrons. The molecule has 0 unspecified atom stereocenters. The van der Waals surface area contributed by atoms with Crippen LogP contribution in [0, 0.1) is 0 Å². The Kier molecular flexibility index (Phi) is 10.6. The molecule has 0 bridgehead atoms. The molecule has 0 aliphatic rings. The minimum absolute atomic E-state index is 0.747. The lowest BCUT2D eigenvalue weighted by Crippen LogP contribution is -2.70. The van der Waals surface area contributed by atoms with Crippen molar-refractivity contribution in [1.29, 1.82) is 0 Å². The first kappa shape index (κ1) is 31.3. The fourth-order valence-corrected chi connectivity index (χ4v) is 11.4. The normalized spacial score (nSPS) is 11.8. The second-order valence-corrected chi connectivity index (χ2v) is 16.1. The number of rotatable bonds is 14. The molecular weight excluding hydrogens is 571 g/mol. The van der Waals surface area contributed by atoms with E-state index in [-0.39, 0.29) is 0 Å². The quantitative estimate of drug-likeness (QED) is 0.0561. The van der Waals surface area contributed by atoms with E-state index in [0.29, 0.717) is 0 Å². The van der Waals surface area contributed by atoms with Crippen molar-refractivity contribution in [3.63, 3.8) is 0 Å². The summed E-state index contributed by atoms with van der Waals surface area (Å²) >= 11 is 0. The molecule has 0 atom stereocenters. The van der Waals surface area contributed by atoms with Crippen LogP contribution in [0.3, 0.4) is 0 Å². The van der Waals surface area contributed by atoms with Crippen LogP contribution in [0.4, 0.5) is 0 Å². The smallest absolute Gasteiger partial charge is 0.239 e. The Morgan fingerprint density at radius 3 is 1.93 bits per heavy atom. The van der Waals surface area contributed by atoms with E-state index in [4.69, 9.17) is 4.98 Å². The van der Waals surface area contributed by atoms with E-state index in [1.165, 1.54) is 63.4 Å². The van der Waals surface area contributed by atoms with Crippen LogP contribution >= 0.6 is 0 Å². The van der Waals surface area contributed by atoms with Crippen LogP contribution in [0.5, 0.6) is 0 Å². The summed E-state index contributed by atoms with van der Waals surface area (Å²) in [5.41, 5.74) is 6.23. The Morgan fingerprint density at radius 2 is 1.28 bits per heavy atom. The van der Waals surface area contributed by atoms with E-state index in [0.717, 1.165) is 25.6 Å². The van der Waals surface area contributed by atoms with Crippen molar-refractivity contribution >= 4 is 48.2 Å². The van der Waals surface area contributed by atoms with Crippen LogP contribution in [0.2, 0.25) is 0 Å². The summed E-state index contributed by atoms with van der Waals surface area (Å²) in [5, 5.41) is 4.31. The molecule has 6 rings (SSSR count). The van der Waals surface area contributed by atoms with Crippen molar-refractivity contribution in [2.75, 3.05) is 0 Å². The number of aryl methyl sites for hydroxylation is 1. The van der Waals surface area contributed by atoms with Gasteiger partial charge in [-0.2, -0.15) is 0 Å². The van der Waals surface area contributed by atoms with Crippen molar-refractivity contribution < 1.29 is 0 Å². The van der Waals surface area contributed by atoms with E-state index < -0.39 is 8.07 Å². The molecule has 0 fully saturated rings. The number of hydrogen-bond donors (Lipinski definition) is 0. The van der Waals surface area contributed by atoms with Crippen LogP contribution in [0.1, 0.15) is 49.3 Å². The van der Waals surface area contributed by atoms with Gasteiger partial charge in [-0.3, -0.25) is 4.98 Å². The molecule has 46 heavy (non-hydrogen) atoms. The average molecular weight is 615 g/mol. The van der Waals surface area contributed by atoms with Crippen molar-refractivity contribution in [1.82, 2.24) is 9.55 Å². The maximum atomic E-state index is 5.01. The second kappa shape index (κ2) is 15.6. The van der Waals surface area contributed by atoms with E-state index in [1.54, 1.807) is 0 Å². The molecule has 5 aromatic carbocycles. The third-order valence-electron chi connectivity index (χ3n) is 9.11. The lowest BCUT2D eigenvalue weighted by Gasteiger charge is -2.35. The van der Waals surface area contributed by atoms with Gasteiger partial charge in [0.1, 0.15) is 0 Å². The minimum Gasteiger partial charge on any atom is -0.345 e. The lowest BCUT2D eigenvalue weighted by molar-refractivity contribution is 0.667. The van der Waals surface area contributed by atoms with Gasteiger partial charge in [-0.25, -0.2) is 0 Å². The Balaban J connectivity index is 1.45. The summed E-state index contributed by atoms with van der Waals surface area (Å²) in [4.78, 5) is 5.01. The minimum atomic E-state index is -2.55. The topological polar surface area (TPSA) is 17.8 Å². The Labute approximate surface area is 276 Å². The zero-order valence-electron chi connectivity index (χ0n) is 26.9. The zero-order valence-corrected chi connectivity index (χ0v) is 27.9. The van der Waals surface area contributed by atoms with Crippen LogP contribution in [0.15, 0.2) is 158 Å². The highest BCUT2D eigenvalue weighted by atomic mass is 28.3. The summed E-state index contributed by atoms with van der Waals surface area (Å²) in [6.07, 6.45) is 13.6. The molecule has 1 aromatic heterocycles. The first-order valence-corrected chi connectivity index (χ1v) is 19.0. The number of aromatic nitrogens is 2. The van der Waals surface area contributed by atoms with Crippen molar-refractivity contribution in [2.24, 2.45) is 0 Å². The molecule has 0 saturated heterocycles. The predicted octanol–water partition coefficient (Wildman–Crippen LogP) is 6.98. The predicted molar refractivity (Wildman–Crippen MR) is 202 cm³/mol. The highest BCUT2D eigenvalue weighted by Gasteiger charge is 2.40. The maximum absolute atomic E-state index is 5.01. The molecule has 0 amide bonds. The molecule has 6 aromatic rings. The van der Waals surface area contributed by atoms with Crippen LogP contribution in [-0.2, 0) is 12.6 Å². The Bertz CT molecular complexity index is 1780. The van der Waals surface area contributed by atoms with Gasteiger partial charge >= 0.3 is 0 Å². The van der Waals surface area contributed by atoms with E-state index in [9.17, 15) is 0 Å². The standard InChI is InChI=1S/C42H43BN2Si/c1-2-3-4-9-19-35-22-18-29-40(32-35)46(38-25-14-7-15-26-38,39-27-16-8-17-28-39)34-45-31-30-44-42(45)43-41(37-23-12-6-13-24-37)33-36-20-10-5-11-21-36/h5-8,10-18,20-33,43H,2-4,9,19,34H2,1H3. The molecule has 0 aliphatic heterocycles. The van der Waals surface area contributed by atoms with Gasteiger partial charge in [0.15, 0.2) is 8.07 Å². The van der Waals surface area contributed by atoms with Crippen molar-refractivity contribution in [3.8, 4) is 0 Å². The van der Waals surface area contributed by atoms with Crippen LogP contribution in [0.25, 0.3) is 11.5 Å². The molecule has 228 valence electrons. The van der Waals surface area contributed by atoms with Gasteiger partial charge in [0.2, 0.25) is 7.28 Å². The van der Waals surface area contributed by atoms with Gasteiger partial charge in [0.25, 0.3) is 0 Å². The highest BCUT2D eigenvalue weighted by Crippen LogP contribution is 2.18. The average Bonchev–Trinajstić information content (AvgIpc) is 3.56. The van der Waals surface area contributed by atoms with Crippen molar-refractivity contribution in [3.05, 3.63) is 175 Å². The lowest BCUT2D eigenvalue weighted by atomic mass is 9.65. The fraction of sp³-hybridized carbons (Fsp3) is 0.167. The number of unbranched alkanes of at least 4 members (excludes halogenated alkanes) is 3. The fourth-order valence-electron chi connectivity index (χ4n) is 6.68. The number of hydrogen-bond acceptors (Lipinski definition) is 1. The summed E-state index contributed by atoms with van der Waals surface area (Å²) in [6, 6.07) is 53.5. The van der Waals surface area contributed by atoms with Gasteiger partial charge in [-0.1, -0.05) is 183 Å². The molecule has 4 heteroatoms. The number of nitrogens with zero attached hydrogens (tertiary/aromatic N) is 2. The van der Waals surface area contributed by atoms with Gasteiger partial charge in [0.05, 0.1) is 5.72 Å². The highest BCUT2D eigenvalue weighted by molar-refractivity contribution is 7.10. The van der Waals surface area contributed by atoms with Gasteiger partial charge in [-0.15, -0.1) is 0 Å². The first-order valence-electron chi connectivity index (χ1n) is 16.8. The molecule has 1 heterocycles. The van der Waals surface area contributed by atoms with Crippen molar-refractivity contribution in [2.45, 2.75) is 45.2 Å². The molecule has 0 aliphatic carbocycles. The molecule has 0 saturated carbocycles.